The highest BCUT2D eigenvalue weighted by Gasteiger charge is 2.51. The molecule has 0 amide bonds. The number of aromatic carboxylic acids is 1. The Labute approximate surface area is 92.9 Å². The number of hydrogen-bond acceptors (Lipinski definition) is 7. The van der Waals surface area contributed by atoms with Gasteiger partial charge >= 0.3 is 11.6 Å². The lowest BCUT2D eigenvalue weighted by molar-refractivity contribution is -0.794. The van der Waals surface area contributed by atoms with Gasteiger partial charge in [0.15, 0.2) is 12.2 Å². The standard InChI is InChI=1S/C6H7N5O6/c1-6(10(14)15,11(16)17)3-9-2-4(5(12)13)7-8-9/h2H,3H2,1H3,(H,12,13). The van der Waals surface area contributed by atoms with Gasteiger partial charge in [-0.1, -0.05) is 5.21 Å². The number of aromatic nitrogens is 3. The Kier molecular flexibility index (Phi) is 3.02. The van der Waals surface area contributed by atoms with E-state index in [0.29, 0.717) is 0 Å². The van der Waals surface area contributed by atoms with Crippen LogP contribution in [0, 0.1) is 20.2 Å². The van der Waals surface area contributed by atoms with E-state index in [-0.39, 0.29) is 0 Å². The first-order valence-corrected chi connectivity index (χ1v) is 4.20. The van der Waals surface area contributed by atoms with Crippen LogP contribution in [0.1, 0.15) is 17.4 Å². The topological polar surface area (TPSA) is 154 Å². The highest BCUT2D eigenvalue weighted by Crippen LogP contribution is 2.12. The van der Waals surface area contributed by atoms with Gasteiger partial charge in [0.25, 0.3) is 0 Å². The molecule has 0 radical (unpaired) electrons. The third kappa shape index (κ3) is 2.32. The lowest BCUT2D eigenvalue weighted by Crippen LogP contribution is -2.47. The average molecular weight is 245 g/mol. The van der Waals surface area contributed by atoms with Gasteiger partial charge in [0.1, 0.15) is 9.85 Å². The van der Waals surface area contributed by atoms with Crippen LogP contribution < -0.4 is 0 Å². The summed E-state index contributed by atoms with van der Waals surface area (Å²) >= 11 is 0. The minimum Gasteiger partial charge on any atom is -0.476 e. The van der Waals surface area contributed by atoms with Crippen molar-refractivity contribution in [1.29, 1.82) is 0 Å². The molecule has 17 heavy (non-hydrogen) atoms. The molecule has 0 bridgehead atoms. The zero-order valence-corrected chi connectivity index (χ0v) is 8.51. The van der Waals surface area contributed by atoms with Crippen molar-refractivity contribution in [3.63, 3.8) is 0 Å². The van der Waals surface area contributed by atoms with E-state index in [1.54, 1.807) is 0 Å². The lowest BCUT2D eigenvalue weighted by atomic mass is 10.2. The molecule has 0 aromatic carbocycles. The maximum absolute atomic E-state index is 10.6. The number of carbonyl (C=O) groups is 1. The second-order valence-electron chi connectivity index (χ2n) is 3.34. The summed E-state index contributed by atoms with van der Waals surface area (Å²) < 4.78 is 0.745. The first-order chi connectivity index (χ1) is 7.77. The lowest BCUT2D eigenvalue weighted by Gasteiger charge is -2.11. The molecular formula is C6H7N5O6. The minimum atomic E-state index is -2.48. The van der Waals surface area contributed by atoms with Crippen molar-refractivity contribution in [2.75, 3.05) is 0 Å². The van der Waals surface area contributed by atoms with Crippen LogP contribution in [0.4, 0.5) is 0 Å². The third-order valence-corrected chi connectivity index (χ3v) is 2.01. The van der Waals surface area contributed by atoms with Gasteiger partial charge in [-0.15, -0.1) is 5.10 Å². The summed E-state index contributed by atoms with van der Waals surface area (Å²) in [7, 11) is 0. The van der Waals surface area contributed by atoms with E-state index in [4.69, 9.17) is 5.11 Å². The van der Waals surface area contributed by atoms with E-state index in [1.165, 1.54) is 0 Å². The molecule has 0 atom stereocenters. The maximum Gasteiger partial charge on any atom is 0.474 e. The summed E-state index contributed by atoms with van der Waals surface area (Å²) in [6, 6.07) is 0. The molecule has 1 aromatic heterocycles. The summed E-state index contributed by atoms with van der Waals surface area (Å²) in [5.74, 6) is -1.37. The molecule has 0 saturated carbocycles. The molecule has 0 aliphatic carbocycles. The Morgan fingerprint density at radius 2 is 2.06 bits per heavy atom. The molecule has 1 N–H and O–H groups in total. The van der Waals surface area contributed by atoms with Gasteiger partial charge in [-0.2, -0.15) is 0 Å². The molecule has 0 aliphatic rings. The average Bonchev–Trinajstić information content (AvgIpc) is 2.65. The molecule has 0 aliphatic heterocycles. The van der Waals surface area contributed by atoms with Crippen LogP contribution in [0.5, 0.6) is 0 Å². The summed E-state index contributed by atoms with van der Waals surface area (Å²) in [5, 5.41) is 36.2. The Hall–Kier alpha value is -2.59. The largest absolute Gasteiger partial charge is 0.476 e. The van der Waals surface area contributed by atoms with E-state index in [9.17, 15) is 25.0 Å². The SMILES string of the molecule is CC(Cn1cc(C(=O)O)nn1)([N+](=O)[O-])[N+](=O)[O-]. The summed E-state index contributed by atoms with van der Waals surface area (Å²) in [6.07, 6.45) is 0.883. The van der Waals surface area contributed by atoms with Gasteiger partial charge < -0.3 is 5.11 Å². The molecule has 0 fully saturated rings. The Bertz CT molecular complexity index is 467. The van der Waals surface area contributed by atoms with Crippen LogP contribution in [0.2, 0.25) is 0 Å². The van der Waals surface area contributed by atoms with Crippen LogP contribution in [-0.2, 0) is 6.54 Å². The fraction of sp³-hybridized carbons (Fsp3) is 0.500. The molecular weight excluding hydrogens is 238 g/mol. The van der Waals surface area contributed by atoms with Crippen LogP contribution in [-0.4, -0.2) is 41.6 Å². The number of carboxylic acids is 1. The molecule has 1 rings (SSSR count). The van der Waals surface area contributed by atoms with Crippen molar-refractivity contribution < 1.29 is 19.7 Å². The van der Waals surface area contributed by atoms with Crippen molar-refractivity contribution in [1.82, 2.24) is 15.0 Å². The van der Waals surface area contributed by atoms with Crippen molar-refractivity contribution in [3.8, 4) is 0 Å². The summed E-state index contributed by atoms with van der Waals surface area (Å²) in [5.41, 5.74) is -2.93. The molecule has 1 aromatic rings. The predicted molar refractivity (Wildman–Crippen MR) is 49.4 cm³/mol. The first kappa shape index (κ1) is 12.5. The van der Waals surface area contributed by atoms with Crippen molar-refractivity contribution in [3.05, 3.63) is 32.1 Å². The molecule has 0 unspecified atom stereocenters. The van der Waals surface area contributed by atoms with Crippen LogP contribution in [0.15, 0.2) is 6.20 Å². The van der Waals surface area contributed by atoms with Gasteiger partial charge in [-0.05, 0) is 0 Å². The van der Waals surface area contributed by atoms with E-state index in [0.717, 1.165) is 17.8 Å². The fourth-order valence-corrected chi connectivity index (χ4v) is 0.963. The number of hydrogen-bond donors (Lipinski definition) is 1. The molecule has 0 saturated heterocycles. The Morgan fingerprint density at radius 3 is 2.41 bits per heavy atom. The smallest absolute Gasteiger partial charge is 0.474 e. The fourth-order valence-electron chi connectivity index (χ4n) is 0.963. The van der Waals surface area contributed by atoms with Crippen LogP contribution in [0.25, 0.3) is 0 Å². The Balaban J connectivity index is 2.98. The van der Waals surface area contributed by atoms with Gasteiger partial charge in [0.05, 0.1) is 13.1 Å². The zero-order valence-electron chi connectivity index (χ0n) is 8.51. The van der Waals surface area contributed by atoms with Crippen LogP contribution in [0.3, 0.4) is 0 Å². The van der Waals surface area contributed by atoms with Crippen molar-refractivity contribution in [2.24, 2.45) is 0 Å². The van der Waals surface area contributed by atoms with Crippen molar-refractivity contribution in [2.45, 2.75) is 19.1 Å². The quantitative estimate of drug-likeness (QED) is 0.403. The van der Waals surface area contributed by atoms with E-state index >= 15 is 0 Å². The highest BCUT2D eigenvalue weighted by molar-refractivity contribution is 5.84. The predicted octanol–water partition coefficient (Wildman–Crippen LogP) is -0.754. The van der Waals surface area contributed by atoms with Gasteiger partial charge in [-0.25, -0.2) is 9.48 Å². The summed E-state index contributed by atoms with van der Waals surface area (Å²) in [6.45, 7) is 0.0857. The molecule has 11 nitrogen and oxygen atoms in total. The number of rotatable bonds is 5. The van der Waals surface area contributed by atoms with Gasteiger partial charge in [0, 0.05) is 0 Å². The first-order valence-electron chi connectivity index (χ1n) is 4.20. The Morgan fingerprint density at radius 1 is 1.53 bits per heavy atom. The van der Waals surface area contributed by atoms with Crippen molar-refractivity contribution >= 4 is 5.97 Å². The van der Waals surface area contributed by atoms with E-state index in [1.807, 2.05) is 0 Å². The zero-order chi connectivity index (χ0) is 13.2. The molecule has 11 heteroatoms. The molecule has 92 valence electrons. The van der Waals surface area contributed by atoms with E-state index in [2.05, 4.69) is 10.3 Å². The summed E-state index contributed by atoms with van der Waals surface area (Å²) in [4.78, 5) is 29.5. The minimum absolute atomic E-state index is 0.445. The normalized spacial score (nSPS) is 11.1. The number of nitrogens with zero attached hydrogens (tertiary/aromatic N) is 5. The molecule has 1 heterocycles. The van der Waals surface area contributed by atoms with E-state index < -0.39 is 33.7 Å². The maximum atomic E-state index is 10.6. The van der Waals surface area contributed by atoms with Gasteiger partial charge in [-0.3, -0.25) is 20.2 Å². The second-order valence-corrected chi connectivity index (χ2v) is 3.34. The van der Waals surface area contributed by atoms with Gasteiger partial charge in [0.2, 0.25) is 0 Å². The number of carboxylic acid groups (broad SMARTS) is 1. The highest BCUT2D eigenvalue weighted by atomic mass is 16.7. The molecule has 0 spiro atoms. The number of nitro groups is 2. The third-order valence-electron chi connectivity index (χ3n) is 2.01. The monoisotopic (exact) mass is 245 g/mol. The van der Waals surface area contributed by atoms with Crippen LogP contribution >= 0.6 is 0 Å². The second kappa shape index (κ2) is 4.11.